The average Bonchev–Trinajstić information content (AvgIpc) is 2.01. The van der Waals surface area contributed by atoms with Crippen LogP contribution in [0.1, 0.15) is 17.3 Å². The fraction of sp³-hybridized carbons (Fsp3) is 0.125. The summed E-state index contributed by atoms with van der Waals surface area (Å²) in [7, 11) is 0. The van der Waals surface area contributed by atoms with Crippen LogP contribution in [0.2, 0.25) is 5.02 Å². The molecule has 0 radical (unpaired) electrons. The third kappa shape index (κ3) is 1.82. The lowest BCUT2D eigenvalue weighted by Crippen LogP contribution is -2.00. The number of hydrogen-bond acceptors (Lipinski definition) is 4. The second-order valence-corrected chi connectivity index (χ2v) is 3.12. The summed E-state index contributed by atoms with van der Waals surface area (Å²) in [4.78, 5) is 20.7. The molecule has 0 heterocycles. The predicted molar refractivity (Wildman–Crippen MR) is 52.5 cm³/mol. The van der Waals surface area contributed by atoms with Gasteiger partial charge in [0.05, 0.1) is 4.92 Å². The van der Waals surface area contributed by atoms with Gasteiger partial charge < -0.3 is 5.73 Å². The van der Waals surface area contributed by atoms with Crippen LogP contribution in [0, 0.1) is 10.1 Å². The highest BCUT2D eigenvalue weighted by atomic mass is 35.5. The number of anilines is 1. The largest absolute Gasteiger partial charge is 0.393 e. The van der Waals surface area contributed by atoms with Gasteiger partial charge in [0, 0.05) is 5.56 Å². The van der Waals surface area contributed by atoms with E-state index in [1.807, 2.05) is 0 Å². The van der Waals surface area contributed by atoms with Gasteiger partial charge in [0.1, 0.15) is 10.7 Å². The summed E-state index contributed by atoms with van der Waals surface area (Å²) in [5.41, 5.74) is 5.18. The van der Waals surface area contributed by atoms with Crippen molar-refractivity contribution in [3.63, 3.8) is 0 Å². The Morgan fingerprint density at radius 1 is 1.57 bits per heavy atom. The molecule has 1 rings (SSSR count). The van der Waals surface area contributed by atoms with Crippen molar-refractivity contribution < 1.29 is 9.72 Å². The highest BCUT2D eigenvalue weighted by Gasteiger charge is 2.18. The zero-order chi connectivity index (χ0) is 10.9. The topological polar surface area (TPSA) is 86.2 Å². The third-order valence-corrected chi connectivity index (χ3v) is 1.97. The first kappa shape index (κ1) is 10.5. The highest BCUT2D eigenvalue weighted by molar-refractivity contribution is 6.33. The number of carbonyl (C=O) groups excluding carboxylic acids is 1. The van der Waals surface area contributed by atoms with E-state index in [0.29, 0.717) is 0 Å². The zero-order valence-corrected chi connectivity index (χ0v) is 8.04. The number of benzene rings is 1. The van der Waals surface area contributed by atoms with Gasteiger partial charge in [0.15, 0.2) is 5.78 Å². The predicted octanol–water partition coefficient (Wildman–Crippen LogP) is 2.03. The molecule has 1 aromatic carbocycles. The number of nitro benzene ring substituents is 1. The molecule has 1 aromatic rings. The summed E-state index contributed by atoms with van der Waals surface area (Å²) in [6.45, 7) is 1.33. The van der Waals surface area contributed by atoms with Crippen LogP contribution in [-0.4, -0.2) is 10.7 Å². The number of nitrogens with zero attached hydrogens (tertiary/aromatic N) is 1. The molecule has 0 spiro atoms. The number of nitro groups is 1. The van der Waals surface area contributed by atoms with E-state index >= 15 is 0 Å². The van der Waals surface area contributed by atoms with Crippen LogP contribution in [0.25, 0.3) is 0 Å². The van der Waals surface area contributed by atoms with Crippen molar-refractivity contribution in [1.82, 2.24) is 0 Å². The zero-order valence-electron chi connectivity index (χ0n) is 7.28. The summed E-state index contributed by atoms with van der Waals surface area (Å²) in [5.74, 6) is -0.242. The maximum absolute atomic E-state index is 10.9. The molecule has 74 valence electrons. The van der Waals surface area contributed by atoms with Crippen molar-refractivity contribution >= 4 is 28.8 Å². The van der Waals surface area contributed by atoms with Gasteiger partial charge in [0.25, 0.3) is 0 Å². The lowest BCUT2D eigenvalue weighted by molar-refractivity contribution is -0.383. The van der Waals surface area contributed by atoms with Gasteiger partial charge in [-0.1, -0.05) is 11.6 Å². The number of nitrogen functional groups attached to an aromatic ring is 1. The van der Waals surface area contributed by atoms with Gasteiger partial charge in [-0.15, -0.1) is 0 Å². The van der Waals surface area contributed by atoms with E-state index in [0.717, 1.165) is 0 Å². The average molecular weight is 215 g/mol. The van der Waals surface area contributed by atoms with Gasteiger partial charge >= 0.3 is 5.69 Å². The van der Waals surface area contributed by atoms with Crippen molar-refractivity contribution in [2.45, 2.75) is 6.92 Å². The number of ketones is 1. The number of rotatable bonds is 2. The number of Topliss-reactive ketones (excluding diaryl/α,β-unsaturated/α-hetero) is 1. The number of carbonyl (C=O) groups is 1. The maximum atomic E-state index is 10.9. The fourth-order valence-electron chi connectivity index (χ4n) is 1.02. The summed E-state index contributed by atoms with van der Waals surface area (Å²) in [6.07, 6.45) is 0. The first-order valence-corrected chi connectivity index (χ1v) is 4.05. The Kier molecular flexibility index (Phi) is 2.71. The fourth-order valence-corrected chi connectivity index (χ4v) is 1.31. The van der Waals surface area contributed by atoms with Gasteiger partial charge in [-0.25, -0.2) is 0 Å². The Morgan fingerprint density at radius 2 is 2.14 bits per heavy atom. The van der Waals surface area contributed by atoms with E-state index in [-0.39, 0.29) is 27.7 Å². The quantitative estimate of drug-likeness (QED) is 0.353. The molecule has 0 aliphatic rings. The van der Waals surface area contributed by atoms with Crippen molar-refractivity contribution in [2.24, 2.45) is 0 Å². The van der Waals surface area contributed by atoms with Crippen LogP contribution < -0.4 is 5.73 Å². The minimum Gasteiger partial charge on any atom is -0.393 e. The second kappa shape index (κ2) is 3.63. The Hall–Kier alpha value is -1.62. The molecule has 0 aliphatic heterocycles. The molecule has 0 atom stereocenters. The summed E-state index contributed by atoms with van der Waals surface area (Å²) in [5, 5.41) is 10.4. The molecular weight excluding hydrogens is 208 g/mol. The second-order valence-electron chi connectivity index (χ2n) is 2.71. The van der Waals surface area contributed by atoms with Crippen LogP contribution >= 0.6 is 11.6 Å². The van der Waals surface area contributed by atoms with Gasteiger partial charge in [-0.3, -0.25) is 14.9 Å². The Balaban J connectivity index is 3.39. The van der Waals surface area contributed by atoms with E-state index < -0.39 is 4.92 Å². The molecule has 0 aliphatic carbocycles. The minimum absolute atomic E-state index is 0.104. The van der Waals surface area contributed by atoms with Crippen molar-refractivity contribution in [2.75, 3.05) is 5.73 Å². The van der Waals surface area contributed by atoms with E-state index in [1.165, 1.54) is 19.1 Å². The van der Waals surface area contributed by atoms with Crippen LogP contribution in [0.15, 0.2) is 12.1 Å². The van der Waals surface area contributed by atoms with Gasteiger partial charge in [-0.05, 0) is 19.1 Å². The molecule has 5 nitrogen and oxygen atoms in total. The monoisotopic (exact) mass is 214 g/mol. The van der Waals surface area contributed by atoms with Crippen LogP contribution in [-0.2, 0) is 0 Å². The molecule has 0 fully saturated rings. The van der Waals surface area contributed by atoms with Gasteiger partial charge in [-0.2, -0.15) is 0 Å². The molecule has 0 aromatic heterocycles. The lowest BCUT2D eigenvalue weighted by Gasteiger charge is -2.01. The van der Waals surface area contributed by atoms with E-state index in [4.69, 9.17) is 17.3 Å². The number of hydrogen-bond donors (Lipinski definition) is 1. The lowest BCUT2D eigenvalue weighted by atomic mass is 10.1. The minimum atomic E-state index is -0.679. The van der Waals surface area contributed by atoms with Gasteiger partial charge in [0.2, 0.25) is 0 Å². The molecule has 0 bridgehead atoms. The molecule has 0 unspecified atom stereocenters. The smallest absolute Gasteiger partial charge is 0.310 e. The summed E-state index contributed by atoms with van der Waals surface area (Å²) in [6, 6.07) is 2.48. The SMILES string of the molecule is CC(=O)c1cc(N)c([N+](=O)[O-])c(Cl)c1. The summed E-state index contributed by atoms with van der Waals surface area (Å²) < 4.78 is 0. The van der Waals surface area contributed by atoms with Crippen molar-refractivity contribution in [3.8, 4) is 0 Å². The maximum Gasteiger partial charge on any atom is 0.310 e. The Labute approximate surface area is 84.6 Å². The molecule has 2 N–H and O–H groups in total. The van der Waals surface area contributed by atoms with Crippen molar-refractivity contribution in [1.29, 1.82) is 0 Å². The first-order chi connectivity index (χ1) is 6.43. The molecule has 14 heavy (non-hydrogen) atoms. The third-order valence-electron chi connectivity index (χ3n) is 1.68. The molecular formula is C8H7ClN2O3. The molecule has 6 heteroatoms. The van der Waals surface area contributed by atoms with Crippen molar-refractivity contribution in [3.05, 3.63) is 32.8 Å². The standard InChI is InChI=1S/C8H7ClN2O3/c1-4(12)5-2-6(9)8(11(13)14)7(10)3-5/h2-3H,10H2,1H3. The Morgan fingerprint density at radius 3 is 2.50 bits per heavy atom. The van der Waals surface area contributed by atoms with Crippen LogP contribution in [0.3, 0.4) is 0 Å². The normalized spacial score (nSPS) is 9.86. The van der Waals surface area contributed by atoms with Crippen LogP contribution in [0.4, 0.5) is 11.4 Å². The van der Waals surface area contributed by atoms with E-state index in [2.05, 4.69) is 0 Å². The molecule has 0 saturated carbocycles. The highest BCUT2D eigenvalue weighted by Crippen LogP contribution is 2.31. The molecule has 0 amide bonds. The van der Waals surface area contributed by atoms with E-state index in [1.54, 1.807) is 0 Å². The number of nitrogens with two attached hydrogens (primary N) is 1. The first-order valence-electron chi connectivity index (χ1n) is 3.68. The van der Waals surface area contributed by atoms with Crippen LogP contribution in [0.5, 0.6) is 0 Å². The van der Waals surface area contributed by atoms with E-state index in [9.17, 15) is 14.9 Å². The Bertz CT molecular complexity index is 394. The molecule has 0 saturated heterocycles. The number of halogens is 1. The summed E-state index contributed by atoms with van der Waals surface area (Å²) >= 11 is 5.60.